The van der Waals surface area contributed by atoms with Crippen LogP contribution in [0.15, 0.2) is 23.0 Å². The van der Waals surface area contributed by atoms with Gasteiger partial charge in [-0.3, -0.25) is 14.8 Å². The molecular weight excluding hydrogens is 332 g/mol. The number of fused-ring (bicyclic) bond motifs is 2. The van der Waals surface area contributed by atoms with Crippen molar-refractivity contribution in [3.05, 3.63) is 55.3 Å². The van der Waals surface area contributed by atoms with Crippen LogP contribution in [-0.2, 0) is 24.9 Å². The summed E-state index contributed by atoms with van der Waals surface area (Å²) in [6.45, 7) is 11.0. The highest BCUT2D eigenvalue weighted by Gasteiger charge is 2.24. The first-order chi connectivity index (χ1) is 11.8. The number of aryl methyl sites for hydroxylation is 1. The van der Waals surface area contributed by atoms with Crippen LogP contribution in [0.5, 0.6) is 0 Å². The van der Waals surface area contributed by atoms with Crippen molar-refractivity contribution in [1.82, 2.24) is 19.5 Å². The number of H-pyrrole nitrogens is 1. The molecule has 1 N–H and O–H groups in total. The fraction of sp³-hybridized carbons (Fsp3) is 0.474. The lowest BCUT2D eigenvalue weighted by molar-refractivity contribution is 0.243. The fourth-order valence-electron chi connectivity index (χ4n) is 3.35. The maximum Gasteiger partial charge on any atom is 0.277 e. The molecule has 0 radical (unpaired) electrons. The molecule has 0 saturated carbocycles. The molecule has 3 aromatic heterocycles. The molecule has 5 nitrogen and oxygen atoms in total. The van der Waals surface area contributed by atoms with Crippen molar-refractivity contribution >= 4 is 17.0 Å². The summed E-state index contributed by atoms with van der Waals surface area (Å²) in [5.74, 6) is 0. The van der Waals surface area contributed by atoms with Gasteiger partial charge in [0.1, 0.15) is 0 Å². The topological polar surface area (TPSA) is 53.4 Å². The second-order valence-electron chi connectivity index (χ2n) is 7.93. The van der Waals surface area contributed by atoms with Crippen LogP contribution >= 0.6 is 11.3 Å². The number of nitrogens with zero attached hydrogens (tertiary/aromatic N) is 3. The largest absolute Gasteiger partial charge is 0.293 e. The van der Waals surface area contributed by atoms with Gasteiger partial charge in [0.15, 0.2) is 5.65 Å². The van der Waals surface area contributed by atoms with Gasteiger partial charge in [-0.1, -0.05) is 20.8 Å². The highest BCUT2D eigenvalue weighted by molar-refractivity contribution is 7.11. The standard InChI is InChI=1S/C19H24N4OS/c1-12-5-6-13(25-12)10-22-8-7-15-14(11-22)18(24)23-17(20-15)9-16(21-23)19(2,3)4/h5-6,9,21H,7-8,10-11H2,1-4H3. The lowest BCUT2D eigenvalue weighted by atomic mass is 9.93. The van der Waals surface area contributed by atoms with Gasteiger partial charge >= 0.3 is 0 Å². The predicted octanol–water partition coefficient (Wildman–Crippen LogP) is 3.25. The molecular formula is C19H24N4OS. The summed E-state index contributed by atoms with van der Waals surface area (Å²) < 4.78 is 1.61. The summed E-state index contributed by atoms with van der Waals surface area (Å²) in [5, 5.41) is 3.25. The number of hydrogen-bond donors (Lipinski definition) is 1. The molecule has 25 heavy (non-hydrogen) atoms. The third-order valence-corrected chi connectivity index (χ3v) is 5.81. The molecule has 0 bridgehead atoms. The maximum atomic E-state index is 13.0. The number of rotatable bonds is 2. The van der Waals surface area contributed by atoms with Gasteiger partial charge in [-0.25, -0.2) is 9.50 Å². The van der Waals surface area contributed by atoms with Crippen molar-refractivity contribution < 1.29 is 0 Å². The zero-order valence-electron chi connectivity index (χ0n) is 15.2. The zero-order chi connectivity index (χ0) is 17.8. The molecule has 0 unspecified atom stereocenters. The molecule has 0 saturated heterocycles. The third-order valence-electron chi connectivity index (χ3n) is 4.82. The minimum Gasteiger partial charge on any atom is -0.293 e. The third kappa shape index (κ3) is 3.04. The smallest absolute Gasteiger partial charge is 0.277 e. The Morgan fingerprint density at radius 3 is 2.80 bits per heavy atom. The first kappa shape index (κ1) is 16.5. The summed E-state index contributed by atoms with van der Waals surface area (Å²) in [4.78, 5) is 22.8. The van der Waals surface area contributed by atoms with E-state index in [0.717, 1.165) is 42.1 Å². The van der Waals surface area contributed by atoms with E-state index in [1.54, 1.807) is 4.52 Å². The van der Waals surface area contributed by atoms with Crippen LogP contribution in [0, 0.1) is 6.92 Å². The lowest BCUT2D eigenvalue weighted by Gasteiger charge is -2.27. The molecule has 1 aliphatic rings. The number of aromatic amines is 1. The molecule has 0 amide bonds. The molecule has 0 fully saturated rings. The summed E-state index contributed by atoms with van der Waals surface area (Å²) in [6, 6.07) is 6.34. The van der Waals surface area contributed by atoms with E-state index in [4.69, 9.17) is 4.98 Å². The molecule has 0 aliphatic carbocycles. The second kappa shape index (κ2) is 5.81. The Balaban J connectivity index is 1.68. The van der Waals surface area contributed by atoms with E-state index in [1.165, 1.54) is 9.75 Å². The molecule has 1 aliphatic heterocycles. The Morgan fingerprint density at radius 1 is 1.32 bits per heavy atom. The van der Waals surface area contributed by atoms with E-state index in [2.05, 4.69) is 49.8 Å². The van der Waals surface area contributed by atoms with E-state index in [-0.39, 0.29) is 11.0 Å². The molecule has 0 aromatic carbocycles. The van der Waals surface area contributed by atoms with E-state index >= 15 is 0 Å². The maximum absolute atomic E-state index is 13.0. The Bertz CT molecular complexity index is 989. The molecule has 0 spiro atoms. The van der Waals surface area contributed by atoms with E-state index in [0.29, 0.717) is 6.54 Å². The summed E-state index contributed by atoms with van der Waals surface area (Å²) in [7, 11) is 0. The molecule has 4 rings (SSSR count). The highest BCUT2D eigenvalue weighted by atomic mass is 32.1. The minimum absolute atomic E-state index is 0.0380. The summed E-state index contributed by atoms with van der Waals surface area (Å²) in [5.41, 5.74) is 3.57. The van der Waals surface area contributed by atoms with Crippen LogP contribution < -0.4 is 5.56 Å². The number of hydrogen-bond acceptors (Lipinski definition) is 4. The van der Waals surface area contributed by atoms with Crippen molar-refractivity contribution in [3.63, 3.8) is 0 Å². The number of thiophene rings is 1. The highest BCUT2D eigenvalue weighted by Crippen LogP contribution is 2.24. The van der Waals surface area contributed by atoms with Gasteiger partial charge in [0.25, 0.3) is 5.56 Å². The van der Waals surface area contributed by atoms with Crippen molar-refractivity contribution in [1.29, 1.82) is 0 Å². The predicted molar refractivity (Wildman–Crippen MR) is 101 cm³/mol. The van der Waals surface area contributed by atoms with Gasteiger partial charge in [-0.05, 0) is 19.1 Å². The van der Waals surface area contributed by atoms with Crippen LogP contribution in [0.1, 0.15) is 47.5 Å². The molecule has 4 heterocycles. The zero-order valence-corrected chi connectivity index (χ0v) is 16.0. The van der Waals surface area contributed by atoms with E-state index in [1.807, 2.05) is 17.4 Å². The van der Waals surface area contributed by atoms with Gasteiger partial charge < -0.3 is 0 Å². The van der Waals surface area contributed by atoms with Crippen molar-refractivity contribution in [3.8, 4) is 0 Å². The van der Waals surface area contributed by atoms with Crippen LogP contribution in [-0.4, -0.2) is 26.0 Å². The first-order valence-corrected chi connectivity index (χ1v) is 9.54. The fourth-order valence-corrected chi connectivity index (χ4v) is 4.28. The summed E-state index contributed by atoms with van der Waals surface area (Å²) >= 11 is 1.83. The van der Waals surface area contributed by atoms with Crippen molar-refractivity contribution in [2.45, 2.75) is 52.6 Å². The Kier molecular flexibility index (Phi) is 3.85. The van der Waals surface area contributed by atoms with E-state index in [9.17, 15) is 4.79 Å². The van der Waals surface area contributed by atoms with Crippen molar-refractivity contribution in [2.24, 2.45) is 0 Å². The lowest BCUT2D eigenvalue weighted by Crippen LogP contribution is -2.36. The molecule has 0 atom stereocenters. The molecule has 132 valence electrons. The monoisotopic (exact) mass is 356 g/mol. The van der Waals surface area contributed by atoms with Gasteiger partial charge in [0.2, 0.25) is 0 Å². The van der Waals surface area contributed by atoms with Crippen LogP contribution in [0.4, 0.5) is 0 Å². The average Bonchev–Trinajstić information content (AvgIpc) is 3.14. The number of nitrogens with one attached hydrogen (secondary N) is 1. The van der Waals surface area contributed by atoms with Gasteiger partial charge in [-0.15, -0.1) is 11.3 Å². The second-order valence-corrected chi connectivity index (χ2v) is 9.30. The molecule has 3 aromatic rings. The Morgan fingerprint density at radius 2 is 2.12 bits per heavy atom. The summed E-state index contributed by atoms with van der Waals surface area (Å²) in [6.07, 6.45) is 0.835. The average molecular weight is 356 g/mol. The quantitative estimate of drug-likeness (QED) is 0.767. The van der Waals surface area contributed by atoms with Gasteiger partial charge in [-0.2, -0.15) is 0 Å². The SMILES string of the molecule is Cc1ccc(CN2CCc3nc4cc(C(C)(C)C)[nH]n4c(=O)c3C2)s1. The van der Waals surface area contributed by atoms with Gasteiger partial charge in [0, 0.05) is 53.0 Å². The van der Waals surface area contributed by atoms with Gasteiger partial charge in [0.05, 0.1) is 11.3 Å². The first-order valence-electron chi connectivity index (χ1n) is 8.73. The Labute approximate surface area is 151 Å². The van der Waals surface area contributed by atoms with E-state index < -0.39 is 0 Å². The minimum atomic E-state index is -0.0380. The molecule has 6 heteroatoms. The number of aromatic nitrogens is 3. The van der Waals surface area contributed by atoms with Crippen LogP contribution in [0.2, 0.25) is 0 Å². The van der Waals surface area contributed by atoms with Crippen LogP contribution in [0.3, 0.4) is 0 Å². The Hall–Kier alpha value is -1.92. The normalized spacial score (nSPS) is 15.7. The van der Waals surface area contributed by atoms with Crippen molar-refractivity contribution in [2.75, 3.05) is 6.54 Å². The van der Waals surface area contributed by atoms with Crippen LogP contribution in [0.25, 0.3) is 5.65 Å².